The average molecular weight is 286 g/mol. The van der Waals surface area contributed by atoms with Crippen LogP contribution in [0.2, 0.25) is 0 Å². The van der Waals surface area contributed by atoms with E-state index in [4.69, 9.17) is 10.5 Å². The van der Waals surface area contributed by atoms with Gasteiger partial charge in [-0.1, -0.05) is 22.9 Å². The normalized spacial score (nSPS) is 10.6. The summed E-state index contributed by atoms with van der Waals surface area (Å²) in [6.07, 6.45) is 3.97. The molecule has 21 heavy (non-hydrogen) atoms. The van der Waals surface area contributed by atoms with Crippen molar-refractivity contribution in [2.45, 2.75) is 0 Å². The minimum atomic E-state index is -0.449. The van der Waals surface area contributed by atoms with Crippen LogP contribution in [0.3, 0.4) is 0 Å². The van der Waals surface area contributed by atoms with E-state index in [1.807, 2.05) is 6.07 Å². The molecular weight excluding hydrogens is 274 g/mol. The number of rotatable bonds is 4. The Hall–Kier alpha value is -3.38. The number of urea groups is 1. The third kappa shape index (κ3) is 4.05. The van der Waals surface area contributed by atoms with Gasteiger partial charge in [0.2, 0.25) is 0 Å². The minimum absolute atomic E-state index is 0.0982. The number of anilines is 1. The number of hydrogen-bond donors (Lipinski definition) is 4. The maximum Gasteiger partial charge on any atom is 0.349 e. The van der Waals surface area contributed by atoms with Gasteiger partial charge in [-0.25, -0.2) is 4.79 Å². The fraction of sp³-hybridized carbons (Fsp3) is 0. The predicted octanol–water partition coefficient (Wildman–Crippen LogP) is 0.247. The first-order chi connectivity index (χ1) is 10.2. The molecule has 0 bridgehead atoms. The third-order valence-electron chi connectivity index (χ3n) is 2.32. The number of hydroxylamine groups is 1. The Morgan fingerprint density at radius 3 is 2.86 bits per heavy atom. The number of carbonyl (C=O) groups excluding carboxylic acids is 1. The van der Waals surface area contributed by atoms with Gasteiger partial charge in [-0.3, -0.25) is 10.7 Å². The van der Waals surface area contributed by atoms with E-state index in [1.165, 1.54) is 28.2 Å². The van der Waals surface area contributed by atoms with E-state index in [2.05, 4.69) is 15.8 Å². The summed E-state index contributed by atoms with van der Waals surface area (Å²) in [5, 5.41) is 23.8. The topological polar surface area (TPSA) is 119 Å². The molecule has 1 aromatic heterocycles. The van der Waals surface area contributed by atoms with Gasteiger partial charge in [0.1, 0.15) is 12.3 Å². The number of carbonyl (C=O) groups is 1. The van der Waals surface area contributed by atoms with E-state index in [0.717, 1.165) is 0 Å². The number of amides is 2. The number of nitrogens with zero attached hydrogens (tertiary/aromatic N) is 4. The predicted molar refractivity (Wildman–Crippen MR) is 72.1 cm³/mol. The SMILES string of the molecule is N#C/C(=C\n1c[n+](NC(=O)Nc2ccccc2)cn1)NO. The molecule has 2 aromatic rings. The summed E-state index contributed by atoms with van der Waals surface area (Å²) in [5.41, 5.74) is 4.78. The number of nitriles is 1. The van der Waals surface area contributed by atoms with Crippen LogP contribution in [0.1, 0.15) is 0 Å². The van der Waals surface area contributed by atoms with Crippen molar-refractivity contribution in [1.29, 1.82) is 5.26 Å². The van der Waals surface area contributed by atoms with Crippen LogP contribution in [0.5, 0.6) is 0 Å². The molecule has 0 atom stereocenters. The van der Waals surface area contributed by atoms with Gasteiger partial charge in [0.15, 0.2) is 5.70 Å². The zero-order chi connectivity index (χ0) is 15.1. The lowest BCUT2D eigenvalue weighted by Gasteiger charge is -2.03. The molecular formula is C12H12N7O2+. The molecule has 0 saturated carbocycles. The summed E-state index contributed by atoms with van der Waals surface area (Å²) < 4.78 is 2.53. The monoisotopic (exact) mass is 286 g/mol. The van der Waals surface area contributed by atoms with E-state index in [0.29, 0.717) is 5.69 Å². The van der Waals surface area contributed by atoms with Crippen LogP contribution in [-0.2, 0) is 0 Å². The molecule has 2 amide bonds. The lowest BCUT2D eigenvalue weighted by Crippen LogP contribution is -2.48. The Morgan fingerprint density at radius 1 is 1.43 bits per heavy atom. The largest absolute Gasteiger partial charge is 0.349 e. The molecule has 4 N–H and O–H groups in total. The zero-order valence-electron chi connectivity index (χ0n) is 10.8. The highest BCUT2D eigenvalue weighted by Crippen LogP contribution is 2.03. The maximum absolute atomic E-state index is 11.7. The molecule has 2 rings (SSSR count). The summed E-state index contributed by atoms with van der Waals surface area (Å²) in [5.74, 6) is 0. The van der Waals surface area contributed by atoms with Crippen LogP contribution in [0.15, 0.2) is 48.7 Å². The molecule has 0 unspecified atom stereocenters. The van der Waals surface area contributed by atoms with Crippen molar-refractivity contribution < 1.29 is 14.7 Å². The Morgan fingerprint density at radius 2 is 2.19 bits per heavy atom. The van der Waals surface area contributed by atoms with Crippen molar-refractivity contribution >= 4 is 17.9 Å². The average Bonchev–Trinajstić information content (AvgIpc) is 2.92. The lowest BCUT2D eigenvalue weighted by molar-refractivity contribution is -0.641. The highest BCUT2D eigenvalue weighted by Gasteiger charge is 2.08. The number of hydrogen-bond acceptors (Lipinski definition) is 5. The van der Waals surface area contributed by atoms with Crippen molar-refractivity contribution in [3.63, 3.8) is 0 Å². The molecule has 9 heteroatoms. The van der Waals surface area contributed by atoms with Crippen molar-refractivity contribution in [2.24, 2.45) is 0 Å². The first-order valence-corrected chi connectivity index (χ1v) is 5.82. The van der Waals surface area contributed by atoms with Gasteiger partial charge in [-0.15, -0.1) is 4.68 Å². The van der Waals surface area contributed by atoms with Crippen molar-refractivity contribution in [3.8, 4) is 6.07 Å². The van der Waals surface area contributed by atoms with E-state index < -0.39 is 6.03 Å². The summed E-state index contributed by atoms with van der Waals surface area (Å²) in [6.45, 7) is 0. The van der Waals surface area contributed by atoms with Gasteiger partial charge in [0.05, 0.1) is 0 Å². The van der Waals surface area contributed by atoms with Crippen molar-refractivity contribution in [3.05, 3.63) is 48.7 Å². The van der Waals surface area contributed by atoms with Crippen LogP contribution < -0.4 is 20.9 Å². The molecule has 9 nitrogen and oxygen atoms in total. The summed E-state index contributed by atoms with van der Waals surface area (Å²) in [4.78, 5) is 11.7. The molecule has 0 radical (unpaired) electrons. The van der Waals surface area contributed by atoms with Gasteiger partial charge in [-0.2, -0.15) is 10.7 Å². The number of aromatic nitrogens is 3. The van der Waals surface area contributed by atoms with E-state index in [1.54, 1.807) is 35.8 Å². The van der Waals surface area contributed by atoms with Crippen LogP contribution in [0, 0.1) is 11.3 Å². The molecule has 0 saturated heterocycles. The van der Waals surface area contributed by atoms with Gasteiger partial charge < -0.3 is 5.32 Å². The molecule has 0 aliphatic carbocycles. The molecule has 1 heterocycles. The summed E-state index contributed by atoms with van der Waals surface area (Å²) in [6, 6.07) is 10.2. The van der Waals surface area contributed by atoms with Crippen LogP contribution >= 0.6 is 0 Å². The first kappa shape index (κ1) is 14.0. The van der Waals surface area contributed by atoms with Gasteiger partial charge in [-0.05, 0) is 12.1 Å². The second kappa shape index (κ2) is 6.69. The Bertz CT molecular complexity index is 687. The van der Waals surface area contributed by atoms with Crippen molar-refractivity contribution in [1.82, 2.24) is 15.3 Å². The molecule has 0 aliphatic rings. The fourth-order valence-corrected chi connectivity index (χ4v) is 1.44. The van der Waals surface area contributed by atoms with Crippen LogP contribution in [0.25, 0.3) is 6.20 Å². The lowest BCUT2D eigenvalue weighted by atomic mass is 10.3. The second-order valence-electron chi connectivity index (χ2n) is 3.83. The van der Waals surface area contributed by atoms with E-state index in [-0.39, 0.29) is 5.70 Å². The number of nitrogens with one attached hydrogen (secondary N) is 3. The van der Waals surface area contributed by atoms with E-state index >= 15 is 0 Å². The Labute approximate surface area is 119 Å². The zero-order valence-corrected chi connectivity index (χ0v) is 10.8. The third-order valence-corrected chi connectivity index (χ3v) is 2.32. The maximum atomic E-state index is 11.7. The standard InChI is InChI=1S/C12H11N7O2/c13-6-11(17-21)7-18-9-19(8-14-18)16-12(20)15-10-4-2-1-3-5-10/h1-5,7-9,17,21H,(H-,15,16,20)/p+1/b11-7+. The van der Waals surface area contributed by atoms with Crippen molar-refractivity contribution in [2.75, 3.05) is 10.7 Å². The fourth-order valence-electron chi connectivity index (χ4n) is 1.44. The first-order valence-electron chi connectivity index (χ1n) is 5.82. The highest BCUT2D eigenvalue weighted by atomic mass is 16.5. The summed E-state index contributed by atoms with van der Waals surface area (Å²) in [7, 11) is 0. The van der Waals surface area contributed by atoms with E-state index in [9.17, 15) is 4.79 Å². The second-order valence-corrected chi connectivity index (χ2v) is 3.83. The highest BCUT2D eigenvalue weighted by molar-refractivity contribution is 5.93. The number of benzene rings is 1. The quantitative estimate of drug-likeness (QED) is 0.365. The van der Waals surface area contributed by atoms with Gasteiger partial charge >= 0.3 is 6.03 Å². The smallest absolute Gasteiger partial charge is 0.306 e. The molecule has 106 valence electrons. The Balaban J connectivity index is 1.98. The van der Waals surface area contributed by atoms with Gasteiger partial charge in [0, 0.05) is 10.8 Å². The minimum Gasteiger partial charge on any atom is -0.306 e. The molecule has 1 aromatic carbocycles. The van der Waals surface area contributed by atoms with Crippen LogP contribution in [-0.4, -0.2) is 21.0 Å². The molecule has 0 fully saturated rings. The van der Waals surface area contributed by atoms with Gasteiger partial charge in [0.25, 0.3) is 12.7 Å². The summed E-state index contributed by atoms with van der Waals surface area (Å²) >= 11 is 0. The Kier molecular flexibility index (Phi) is 4.47. The molecule has 0 aliphatic heterocycles. The number of allylic oxidation sites excluding steroid dienone is 1. The molecule has 0 spiro atoms. The van der Waals surface area contributed by atoms with Crippen LogP contribution in [0.4, 0.5) is 10.5 Å². The number of para-hydroxylation sites is 1.